The second-order valence-electron chi connectivity index (χ2n) is 5.10. The zero-order chi connectivity index (χ0) is 12.5. The van der Waals surface area contributed by atoms with E-state index in [9.17, 15) is 9.59 Å². The monoisotopic (exact) mass is 250 g/mol. The van der Waals surface area contributed by atoms with Crippen LogP contribution < -0.4 is 0 Å². The lowest BCUT2D eigenvalue weighted by molar-refractivity contribution is -0.145. The number of hydrogen-bond acceptors (Lipinski definition) is 3. The van der Waals surface area contributed by atoms with Crippen LogP contribution in [0.2, 0.25) is 0 Å². The summed E-state index contributed by atoms with van der Waals surface area (Å²) in [5.41, 5.74) is 0. The van der Waals surface area contributed by atoms with E-state index in [1.165, 1.54) is 0 Å². The summed E-state index contributed by atoms with van der Waals surface area (Å²) in [6.45, 7) is 2.11. The van der Waals surface area contributed by atoms with E-state index in [2.05, 4.69) is 0 Å². The first-order valence-corrected chi connectivity index (χ1v) is 6.67. The predicted molar refractivity (Wildman–Crippen MR) is 64.6 cm³/mol. The number of amides is 2. The molecule has 2 amide bonds. The van der Waals surface area contributed by atoms with Crippen LogP contribution in [0.5, 0.6) is 0 Å². The third kappa shape index (κ3) is 2.21. The van der Waals surface area contributed by atoms with Crippen molar-refractivity contribution in [1.29, 1.82) is 0 Å². The van der Waals surface area contributed by atoms with Gasteiger partial charge in [-0.25, -0.2) is 0 Å². The number of carbonyl (C=O) groups excluding carboxylic acids is 2. The van der Waals surface area contributed by atoms with Crippen molar-refractivity contribution < 1.29 is 14.3 Å². The maximum absolute atomic E-state index is 12.2. The van der Waals surface area contributed by atoms with Crippen molar-refractivity contribution in [3.63, 3.8) is 0 Å². The summed E-state index contributed by atoms with van der Waals surface area (Å²) in [6.07, 6.45) is 5.92. The van der Waals surface area contributed by atoms with Gasteiger partial charge in [-0.1, -0.05) is 0 Å². The third-order valence-electron chi connectivity index (χ3n) is 3.68. The van der Waals surface area contributed by atoms with Gasteiger partial charge in [-0.2, -0.15) is 0 Å². The van der Waals surface area contributed by atoms with Crippen molar-refractivity contribution in [3.8, 4) is 0 Å². The number of piperazine rings is 1. The van der Waals surface area contributed by atoms with Crippen molar-refractivity contribution in [2.45, 2.75) is 31.7 Å². The molecular weight excluding hydrogens is 232 g/mol. The lowest BCUT2D eigenvalue weighted by Gasteiger charge is -2.35. The van der Waals surface area contributed by atoms with Gasteiger partial charge in [-0.05, 0) is 31.8 Å². The van der Waals surface area contributed by atoms with Crippen LogP contribution in [0, 0.1) is 0 Å². The molecule has 1 saturated heterocycles. The molecule has 3 aliphatic rings. The molecule has 5 heteroatoms. The molecule has 1 aliphatic carbocycles. The quantitative estimate of drug-likeness (QED) is 0.717. The van der Waals surface area contributed by atoms with E-state index < -0.39 is 0 Å². The Labute approximate surface area is 106 Å². The van der Waals surface area contributed by atoms with Crippen LogP contribution >= 0.6 is 0 Å². The Morgan fingerprint density at radius 2 is 2.17 bits per heavy atom. The minimum atomic E-state index is -0.126. The fraction of sp³-hybridized carbons (Fsp3) is 0.692. The van der Waals surface area contributed by atoms with E-state index in [0.717, 1.165) is 25.7 Å². The minimum absolute atomic E-state index is 0.0773. The van der Waals surface area contributed by atoms with E-state index in [-0.39, 0.29) is 18.4 Å². The highest BCUT2D eigenvalue weighted by molar-refractivity contribution is 5.95. The van der Waals surface area contributed by atoms with Gasteiger partial charge in [0.25, 0.3) is 5.91 Å². The average Bonchev–Trinajstić information content (AvgIpc) is 3.23. The Morgan fingerprint density at radius 1 is 1.33 bits per heavy atom. The Hall–Kier alpha value is -1.52. The van der Waals surface area contributed by atoms with Gasteiger partial charge in [0.15, 0.2) is 5.76 Å². The molecule has 0 radical (unpaired) electrons. The second-order valence-corrected chi connectivity index (χ2v) is 5.10. The summed E-state index contributed by atoms with van der Waals surface area (Å²) in [5.74, 6) is 0.376. The summed E-state index contributed by atoms with van der Waals surface area (Å²) in [7, 11) is 0. The molecule has 0 aromatic heterocycles. The topological polar surface area (TPSA) is 49.9 Å². The molecular formula is C13H18N2O3. The largest absolute Gasteiger partial charge is 0.488 e. The highest BCUT2D eigenvalue weighted by Gasteiger charge is 2.37. The minimum Gasteiger partial charge on any atom is -0.488 e. The maximum atomic E-state index is 12.2. The summed E-state index contributed by atoms with van der Waals surface area (Å²) < 4.78 is 5.36. The smallest absolute Gasteiger partial charge is 0.289 e. The molecule has 0 aromatic rings. The molecule has 0 aromatic carbocycles. The Balaban J connectivity index is 1.62. The summed E-state index contributed by atoms with van der Waals surface area (Å²) in [5, 5.41) is 0. The van der Waals surface area contributed by atoms with Crippen molar-refractivity contribution >= 4 is 11.8 Å². The van der Waals surface area contributed by atoms with Crippen molar-refractivity contribution in [3.05, 3.63) is 11.8 Å². The molecule has 2 aliphatic heterocycles. The standard InChI is InChI=1S/C13H18N2O3/c16-12-9-14(6-7-15(12)10-4-5-10)13(17)11-3-1-2-8-18-11/h3,10H,1-2,4-9H2. The van der Waals surface area contributed by atoms with Crippen LogP contribution in [0.1, 0.15) is 25.7 Å². The van der Waals surface area contributed by atoms with Crippen LogP contribution in [0.25, 0.3) is 0 Å². The average molecular weight is 250 g/mol. The normalized spacial score (nSPS) is 24.7. The number of hydrogen-bond donors (Lipinski definition) is 0. The SMILES string of the molecule is O=C(C1=CCCCO1)N1CCN(C2CC2)C(=O)C1. The van der Waals surface area contributed by atoms with Gasteiger partial charge in [0, 0.05) is 19.1 Å². The molecule has 0 spiro atoms. The first kappa shape index (κ1) is 11.6. The fourth-order valence-electron chi connectivity index (χ4n) is 2.49. The molecule has 2 heterocycles. The molecule has 1 saturated carbocycles. The zero-order valence-electron chi connectivity index (χ0n) is 10.4. The van der Waals surface area contributed by atoms with Crippen LogP contribution in [-0.4, -0.2) is 53.9 Å². The first-order valence-electron chi connectivity index (χ1n) is 6.67. The van der Waals surface area contributed by atoms with Crippen molar-refractivity contribution in [2.75, 3.05) is 26.2 Å². The van der Waals surface area contributed by atoms with Gasteiger partial charge in [-0.3, -0.25) is 9.59 Å². The highest BCUT2D eigenvalue weighted by Crippen LogP contribution is 2.28. The van der Waals surface area contributed by atoms with Crippen LogP contribution in [-0.2, 0) is 14.3 Å². The van der Waals surface area contributed by atoms with Gasteiger partial charge in [0.05, 0.1) is 6.61 Å². The lowest BCUT2D eigenvalue weighted by atomic mass is 10.2. The number of allylic oxidation sites excluding steroid dienone is 1. The van der Waals surface area contributed by atoms with Crippen molar-refractivity contribution in [1.82, 2.24) is 9.80 Å². The second kappa shape index (κ2) is 4.63. The zero-order valence-corrected chi connectivity index (χ0v) is 10.4. The molecule has 0 N–H and O–H groups in total. The molecule has 3 rings (SSSR count). The molecule has 2 fully saturated rings. The van der Waals surface area contributed by atoms with E-state index in [4.69, 9.17) is 4.74 Å². The van der Waals surface area contributed by atoms with Crippen LogP contribution in [0.3, 0.4) is 0 Å². The molecule has 5 nitrogen and oxygen atoms in total. The van der Waals surface area contributed by atoms with Crippen LogP contribution in [0.4, 0.5) is 0 Å². The fourth-order valence-corrected chi connectivity index (χ4v) is 2.49. The van der Waals surface area contributed by atoms with Crippen LogP contribution in [0.15, 0.2) is 11.8 Å². The first-order chi connectivity index (χ1) is 8.75. The molecule has 0 unspecified atom stereocenters. The van der Waals surface area contributed by atoms with Gasteiger partial charge < -0.3 is 14.5 Å². The van der Waals surface area contributed by atoms with E-state index in [0.29, 0.717) is 31.5 Å². The van der Waals surface area contributed by atoms with Gasteiger partial charge in [0.2, 0.25) is 5.91 Å². The summed E-state index contributed by atoms with van der Waals surface area (Å²) >= 11 is 0. The highest BCUT2D eigenvalue weighted by atomic mass is 16.5. The third-order valence-corrected chi connectivity index (χ3v) is 3.68. The van der Waals surface area contributed by atoms with Crippen molar-refractivity contribution in [2.24, 2.45) is 0 Å². The Kier molecular flexibility index (Phi) is 2.97. The molecule has 0 atom stereocenters. The van der Waals surface area contributed by atoms with Gasteiger partial charge >= 0.3 is 0 Å². The lowest BCUT2D eigenvalue weighted by Crippen LogP contribution is -2.53. The molecule has 18 heavy (non-hydrogen) atoms. The number of ether oxygens (including phenoxy) is 1. The maximum Gasteiger partial charge on any atom is 0.289 e. The van der Waals surface area contributed by atoms with E-state index >= 15 is 0 Å². The Bertz CT molecular complexity index is 401. The number of nitrogens with zero attached hydrogens (tertiary/aromatic N) is 2. The summed E-state index contributed by atoms with van der Waals surface area (Å²) in [4.78, 5) is 27.6. The Morgan fingerprint density at radius 3 is 2.78 bits per heavy atom. The number of rotatable bonds is 2. The van der Waals surface area contributed by atoms with E-state index in [1.807, 2.05) is 11.0 Å². The molecule has 0 bridgehead atoms. The predicted octanol–water partition coefficient (Wildman–Crippen LogP) is 0.514. The number of carbonyl (C=O) groups is 2. The molecule has 98 valence electrons. The van der Waals surface area contributed by atoms with Gasteiger partial charge in [-0.15, -0.1) is 0 Å². The van der Waals surface area contributed by atoms with E-state index in [1.54, 1.807) is 4.90 Å². The summed E-state index contributed by atoms with van der Waals surface area (Å²) in [6, 6.07) is 0.444. The van der Waals surface area contributed by atoms with Gasteiger partial charge in [0.1, 0.15) is 6.54 Å².